The number of nitrogens with one attached hydrogen (secondary N) is 1. The lowest BCUT2D eigenvalue weighted by Gasteiger charge is -2.33. The van der Waals surface area contributed by atoms with Gasteiger partial charge in [0.25, 0.3) is 5.91 Å². The van der Waals surface area contributed by atoms with E-state index in [4.69, 9.17) is 5.10 Å². The highest BCUT2D eigenvalue weighted by atomic mass is 19.1. The number of carbonyl (C=O) groups excluding carboxylic acids is 2. The Morgan fingerprint density at radius 2 is 1.79 bits per heavy atom. The van der Waals surface area contributed by atoms with Gasteiger partial charge < -0.3 is 5.32 Å². The van der Waals surface area contributed by atoms with Crippen molar-refractivity contribution in [2.75, 3.05) is 0 Å². The molecule has 2 atom stereocenters. The Kier molecular flexibility index (Phi) is 6.07. The molecule has 1 amide bonds. The smallest absolute Gasteiger partial charge is 0.251 e. The molecule has 0 radical (unpaired) electrons. The Bertz CT molecular complexity index is 1220. The Morgan fingerprint density at radius 1 is 1.06 bits per heavy atom. The minimum atomic E-state index is -0.742. The number of ketones is 1. The van der Waals surface area contributed by atoms with Crippen LogP contribution in [0.4, 0.5) is 4.39 Å². The minimum Gasteiger partial charge on any atom is -0.341 e. The van der Waals surface area contributed by atoms with Crippen LogP contribution in [0.15, 0.2) is 48.5 Å². The van der Waals surface area contributed by atoms with Crippen molar-refractivity contribution in [3.63, 3.8) is 0 Å². The standard InChI is InChI=1S/C28H30FN3O2/c1-17-7-6-8-20(15-17)28(34)30-27-24(33)16-23-25(26(27)19-11-13-21(29)14-12-19)18(2)31-32(23)22-9-4-3-5-10-22/h6-8,11-15,22,26-27H,3-5,9-10,16H2,1-2H3,(H,30,34)/t26-,27-/m0/s1. The number of aromatic nitrogens is 2. The van der Waals surface area contributed by atoms with E-state index in [1.807, 2.05) is 32.0 Å². The van der Waals surface area contributed by atoms with E-state index in [0.29, 0.717) is 11.6 Å². The van der Waals surface area contributed by atoms with Gasteiger partial charge in [-0.15, -0.1) is 0 Å². The van der Waals surface area contributed by atoms with Crippen LogP contribution < -0.4 is 5.32 Å². The molecular formula is C28H30FN3O2. The van der Waals surface area contributed by atoms with Gasteiger partial charge in [0.05, 0.1) is 29.9 Å². The van der Waals surface area contributed by atoms with Crippen LogP contribution in [0.3, 0.4) is 0 Å². The molecule has 1 fully saturated rings. The summed E-state index contributed by atoms with van der Waals surface area (Å²) in [4.78, 5) is 26.7. The minimum absolute atomic E-state index is 0.0419. The molecule has 6 heteroatoms. The van der Waals surface area contributed by atoms with Crippen molar-refractivity contribution in [2.24, 2.45) is 0 Å². The lowest BCUT2D eigenvalue weighted by atomic mass is 9.76. The third-order valence-electron chi connectivity index (χ3n) is 7.28. The van der Waals surface area contributed by atoms with Crippen molar-refractivity contribution < 1.29 is 14.0 Å². The first-order valence-electron chi connectivity index (χ1n) is 12.2. The molecule has 0 spiro atoms. The summed E-state index contributed by atoms with van der Waals surface area (Å²) in [7, 11) is 0. The number of fused-ring (bicyclic) bond motifs is 1. The van der Waals surface area contributed by atoms with Crippen molar-refractivity contribution in [1.29, 1.82) is 0 Å². The molecule has 5 rings (SSSR count). The van der Waals surface area contributed by atoms with Crippen LogP contribution in [0.5, 0.6) is 0 Å². The van der Waals surface area contributed by atoms with E-state index >= 15 is 0 Å². The van der Waals surface area contributed by atoms with Gasteiger partial charge in [0, 0.05) is 17.0 Å². The van der Waals surface area contributed by atoms with Gasteiger partial charge >= 0.3 is 0 Å². The Labute approximate surface area is 199 Å². The van der Waals surface area contributed by atoms with Crippen LogP contribution in [0.1, 0.15) is 82.5 Å². The number of benzene rings is 2. The normalized spacial score (nSPS) is 20.7. The monoisotopic (exact) mass is 459 g/mol. The first kappa shape index (κ1) is 22.5. The number of halogens is 1. The fourth-order valence-electron chi connectivity index (χ4n) is 5.65. The Balaban J connectivity index is 1.57. The predicted molar refractivity (Wildman–Crippen MR) is 128 cm³/mol. The third kappa shape index (κ3) is 4.17. The zero-order valence-corrected chi connectivity index (χ0v) is 19.7. The molecule has 5 nitrogen and oxygen atoms in total. The molecule has 176 valence electrons. The van der Waals surface area contributed by atoms with E-state index in [0.717, 1.165) is 40.9 Å². The topological polar surface area (TPSA) is 64.0 Å². The molecule has 0 bridgehead atoms. The highest BCUT2D eigenvalue weighted by Crippen LogP contribution is 2.40. The fraction of sp³-hybridized carbons (Fsp3) is 0.393. The van der Waals surface area contributed by atoms with Gasteiger partial charge in [-0.3, -0.25) is 14.3 Å². The summed E-state index contributed by atoms with van der Waals surface area (Å²) in [5.41, 5.74) is 5.11. The molecule has 1 saturated carbocycles. The van der Waals surface area contributed by atoms with Crippen LogP contribution in [0.25, 0.3) is 0 Å². The van der Waals surface area contributed by atoms with Crippen molar-refractivity contribution in [3.8, 4) is 0 Å². The molecule has 2 aliphatic rings. The van der Waals surface area contributed by atoms with Crippen LogP contribution in [0.2, 0.25) is 0 Å². The quantitative estimate of drug-likeness (QED) is 0.583. The number of Topliss-reactive ketones (excluding diaryl/α,β-unsaturated/α-hetero) is 1. The SMILES string of the molecule is Cc1cccc(C(=O)N[C@H]2C(=O)Cc3c(c(C)nn3C3CCCCC3)[C@@H]2c2ccc(F)cc2)c1. The van der Waals surface area contributed by atoms with Crippen molar-refractivity contribution >= 4 is 11.7 Å². The van der Waals surface area contributed by atoms with E-state index in [9.17, 15) is 14.0 Å². The third-order valence-corrected chi connectivity index (χ3v) is 7.28. The second-order valence-corrected chi connectivity index (χ2v) is 9.68. The second kappa shape index (κ2) is 9.16. The van der Waals surface area contributed by atoms with Crippen LogP contribution in [-0.4, -0.2) is 27.5 Å². The van der Waals surface area contributed by atoms with Gasteiger partial charge in [-0.25, -0.2) is 4.39 Å². The molecule has 3 aromatic rings. The maximum Gasteiger partial charge on any atom is 0.251 e. The summed E-state index contributed by atoms with van der Waals surface area (Å²) in [6.45, 7) is 3.91. The number of carbonyl (C=O) groups is 2. The number of rotatable bonds is 4. The van der Waals surface area contributed by atoms with Crippen LogP contribution in [-0.2, 0) is 11.2 Å². The van der Waals surface area contributed by atoms with Gasteiger partial charge in [0.1, 0.15) is 5.82 Å². The zero-order chi connectivity index (χ0) is 23.8. The number of hydrogen-bond acceptors (Lipinski definition) is 3. The summed E-state index contributed by atoms with van der Waals surface area (Å²) in [5, 5.41) is 7.92. The van der Waals surface area contributed by atoms with E-state index in [1.165, 1.54) is 31.4 Å². The molecule has 34 heavy (non-hydrogen) atoms. The highest BCUT2D eigenvalue weighted by molar-refractivity contribution is 5.99. The summed E-state index contributed by atoms with van der Waals surface area (Å²) in [5.74, 6) is -1.07. The molecular weight excluding hydrogens is 429 g/mol. The molecule has 2 aliphatic carbocycles. The van der Waals surface area contributed by atoms with Gasteiger partial charge in [0.2, 0.25) is 0 Å². The average Bonchev–Trinajstić information content (AvgIpc) is 3.16. The average molecular weight is 460 g/mol. The van der Waals surface area contributed by atoms with Gasteiger partial charge in [0.15, 0.2) is 5.78 Å². The highest BCUT2D eigenvalue weighted by Gasteiger charge is 2.42. The van der Waals surface area contributed by atoms with Crippen molar-refractivity contribution in [1.82, 2.24) is 15.1 Å². The zero-order valence-electron chi connectivity index (χ0n) is 19.7. The second-order valence-electron chi connectivity index (χ2n) is 9.68. The Morgan fingerprint density at radius 3 is 2.50 bits per heavy atom. The fourth-order valence-corrected chi connectivity index (χ4v) is 5.65. The van der Waals surface area contributed by atoms with Crippen LogP contribution in [0, 0.1) is 19.7 Å². The number of amides is 1. The van der Waals surface area contributed by atoms with Crippen molar-refractivity contribution in [2.45, 2.75) is 70.4 Å². The van der Waals surface area contributed by atoms with Gasteiger partial charge in [-0.2, -0.15) is 5.10 Å². The van der Waals surface area contributed by atoms with Crippen molar-refractivity contribution in [3.05, 3.63) is 88.0 Å². The Hall–Kier alpha value is -3.28. The molecule has 0 aliphatic heterocycles. The number of aryl methyl sites for hydroxylation is 2. The summed E-state index contributed by atoms with van der Waals surface area (Å²) in [6.07, 6.45) is 5.95. The summed E-state index contributed by atoms with van der Waals surface area (Å²) < 4.78 is 15.8. The van der Waals surface area contributed by atoms with E-state index < -0.39 is 12.0 Å². The van der Waals surface area contributed by atoms with E-state index in [-0.39, 0.29) is 23.9 Å². The number of hydrogen-bond donors (Lipinski definition) is 1. The number of nitrogens with zero attached hydrogens (tertiary/aromatic N) is 2. The molecule has 1 N–H and O–H groups in total. The van der Waals surface area contributed by atoms with E-state index in [2.05, 4.69) is 10.00 Å². The molecule has 1 aromatic heterocycles. The van der Waals surface area contributed by atoms with Gasteiger partial charge in [-0.1, -0.05) is 49.1 Å². The lowest BCUT2D eigenvalue weighted by molar-refractivity contribution is -0.121. The predicted octanol–water partition coefficient (Wildman–Crippen LogP) is 5.20. The molecule has 2 aromatic carbocycles. The van der Waals surface area contributed by atoms with E-state index in [1.54, 1.807) is 18.2 Å². The summed E-state index contributed by atoms with van der Waals surface area (Å²) >= 11 is 0. The molecule has 0 saturated heterocycles. The lowest BCUT2D eigenvalue weighted by Crippen LogP contribution is -2.49. The molecule has 1 heterocycles. The first-order valence-corrected chi connectivity index (χ1v) is 12.2. The maximum atomic E-state index is 13.8. The largest absolute Gasteiger partial charge is 0.341 e. The molecule has 0 unspecified atom stereocenters. The first-order chi connectivity index (χ1) is 16.4. The summed E-state index contributed by atoms with van der Waals surface area (Å²) in [6, 6.07) is 13.1. The van der Waals surface area contributed by atoms with Crippen LogP contribution >= 0.6 is 0 Å². The maximum absolute atomic E-state index is 13.8. The van der Waals surface area contributed by atoms with Gasteiger partial charge in [-0.05, 0) is 56.5 Å².